The van der Waals surface area contributed by atoms with Gasteiger partial charge in [-0.3, -0.25) is 4.79 Å². The monoisotopic (exact) mass is 237 g/mol. The van der Waals surface area contributed by atoms with Crippen molar-refractivity contribution in [3.8, 4) is 0 Å². The molecule has 1 aliphatic carbocycles. The van der Waals surface area contributed by atoms with E-state index in [1.54, 1.807) is 6.20 Å². The summed E-state index contributed by atoms with van der Waals surface area (Å²) in [6.45, 7) is 1.47. The van der Waals surface area contributed by atoms with Crippen LogP contribution in [0.25, 0.3) is 0 Å². The van der Waals surface area contributed by atoms with Crippen molar-refractivity contribution in [1.29, 1.82) is 0 Å². The molecule has 0 amide bonds. The van der Waals surface area contributed by atoms with Gasteiger partial charge in [-0.25, -0.2) is 4.98 Å². The molecule has 1 aromatic heterocycles. The van der Waals surface area contributed by atoms with Crippen LogP contribution in [0.15, 0.2) is 12.4 Å². The van der Waals surface area contributed by atoms with E-state index in [-0.39, 0.29) is 11.8 Å². The van der Waals surface area contributed by atoms with Gasteiger partial charge in [0.2, 0.25) is 0 Å². The van der Waals surface area contributed by atoms with Crippen LogP contribution in [0, 0.1) is 11.8 Å². The smallest absolute Gasteiger partial charge is 0.306 e. The molecule has 1 fully saturated rings. The zero-order valence-electron chi connectivity index (χ0n) is 10.1. The Hall–Kier alpha value is -1.36. The highest BCUT2D eigenvalue weighted by atomic mass is 16.4. The van der Waals surface area contributed by atoms with E-state index in [0.29, 0.717) is 6.54 Å². The largest absolute Gasteiger partial charge is 0.481 e. The number of carbonyl (C=O) groups is 1. The first kappa shape index (κ1) is 12.1. The van der Waals surface area contributed by atoms with Crippen molar-refractivity contribution in [2.45, 2.75) is 25.8 Å². The summed E-state index contributed by atoms with van der Waals surface area (Å²) in [5.74, 6) is 0.442. The van der Waals surface area contributed by atoms with Crippen molar-refractivity contribution in [3.05, 3.63) is 18.2 Å². The lowest BCUT2D eigenvalue weighted by molar-refractivity contribution is -0.142. The molecule has 2 atom stereocenters. The Kier molecular flexibility index (Phi) is 3.78. The van der Waals surface area contributed by atoms with Crippen molar-refractivity contribution < 1.29 is 9.90 Å². The Bertz CT molecular complexity index is 389. The molecule has 2 rings (SSSR count). The van der Waals surface area contributed by atoms with Crippen molar-refractivity contribution in [2.75, 3.05) is 6.54 Å². The van der Waals surface area contributed by atoms with Gasteiger partial charge in [-0.15, -0.1) is 0 Å². The molecule has 0 bridgehead atoms. The summed E-state index contributed by atoms with van der Waals surface area (Å²) in [7, 11) is 1.96. The van der Waals surface area contributed by atoms with Crippen LogP contribution in [0.1, 0.15) is 25.1 Å². The lowest BCUT2D eigenvalue weighted by Gasteiger charge is -2.16. The molecule has 2 unspecified atom stereocenters. The predicted molar refractivity (Wildman–Crippen MR) is 63.4 cm³/mol. The molecule has 0 aromatic carbocycles. The summed E-state index contributed by atoms with van der Waals surface area (Å²) in [5, 5.41) is 12.4. The highest BCUT2D eigenvalue weighted by molar-refractivity contribution is 5.70. The van der Waals surface area contributed by atoms with E-state index in [2.05, 4.69) is 10.3 Å². The molecule has 0 saturated heterocycles. The van der Waals surface area contributed by atoms with Gasteiger partial charge in [-0.05, 0) is 25.3 Å². The Labute approximate surface area is 101 Å². The number of hydrogen-bond acceptors (Lipinski definition) is 3. The van der Waals surface area contributed by atoms with Crippen molar-refractivity contribution in [1.82, 2.24) is 14.9 Å². The molecule has 1 aromatic rings. The van der Waals surface area contributed by atoms with Crippen molar-refractivity contribution in [3.63, 3.8) is 0 Å². The average molecular weight is 237 g/mol. The van der Waals surface area contributed by atoms with Crippen LogP contribution in [0.3, 0.4) is 0 Å². The first-order valence-electron chi connectivity index (χ1n) is 6.08. The minimum atomic E-state index is -0.647. The van der Waals surface area contributed by atoms with Crippen molar-refractivity contribution >= 4 is 5.97 Å². The molecule has 1 saturated carbocycles. The predicted octanol–water partition coefficient (Wildman–Crippen LogP) is 1.01. The van der Waals surface area contributed by atoms with Crippen LogP contribution in [0.2, 0.25) is 0 Å². The van der Waals surface area contributed by atoms with Crippen LogP contribution in [-0.2, 0) is 18.4 Å². The number of aryl methyl sites for hydroxylation is 1. The van der Waals surface area contributed by atoms with Gasteiger partial charge in [-0.2, -0.15) is 0 Å². The fraction of sp³-hybridized carbons (Fsp3) is 0.667. The number of aliphatic carboxylic acids is 1. The van der Waals surface area contributed by atoms with E-state index < -0.39 is 5.97 Å². The molecule has 0 aliphatic heterocycles. The summed E-state index contributed by atoms with van der Waals surface area (Å²) in [4.78, 5) is 15.2. The topological polar surface area (TPSA) is 67.2 Å². The third-order valence-corrected chi connectivity index (χ3v) is 3.59. The van der Waals surface area contributed by atoms with Gasteiger partial charge in [0.1, 0.15) is 5.82 Å². The van der Waals surface area contributed by atoms with Crippen LogP contribution >= 0.6 is 0 Å². The van der Waals surface area contributed by atoms with Gasteiger partial charge in [-0.1, -0.05) is 6.42 Å². The normalized spacial score (nSPS) is 24.1. The number of rotatable bonds is 5. The number of aromatic nitrogens is 2. The molecule has 1 heterocycles. The number of imidazole rings is 1. The highest BCUT2D eigenvalue weighted by Crippen LogP contribution is 2.31. The summed E-state index contributed by atoms with van der Waals surface area (Å²) in [5.41, 5.74) is 0. The van der Waals surface area contributed by atoms with Gasteiger partial charge >= 0.3 is 5.97 Å². The van der Waals surface area contributed by atoms with Crippen LogP contribution in [0.4, 0.5) is 0 Å². The number of carboxylic acid groups (broad SMARTS) is 1. The fourth-order valence-corrected chi connectivity index (χ4v) is 2.54. The third kappa shape index (κ3) is 2.85. The summed E-state index contributed by atoms with van der Waals surface area (Å²) >= 11 is 0. The SMILES string of the molecule is Cn1ccnc1CNCC1CCCC1C(=O)O. The minimum Gasteiger partial charge on any atom is -0.481 e. The molecular weight excluding hydrogens is 218 g/mol. The minimum absolute atomic E-state index is 0.163. The summed E-state index contributed by atoms with van der Waals surface area (Å²) in [6, 6.07) is 0. The second-order valence-electron chi connectivity index (χ2n) is 4.72. The van der Waals surface area contributed by atoms with Gasteiger partial charge in [0.25, 0.3) is 0 Å². The van der Waals surface area contributed by atoms with Crippen LogP contribution in [-0.4, -0.2) is 27.2 Å². The molecular formula is C12H19N3O2. The third-order valence-electron chi connectivity index (χ3n) is 3.59. The Morgan fingerprint density at radius 1 is 1.65 bits per heavy atom. The summed E-state index contributed by atoms with van der Waals surface area (Å²) in [6.07, 6.45) is 6.56. The maximum atomic E-state index is 11.0. The number of carboxylic acids is 1. The molecule has 17 heavy (non-hydrogen) atoms. The van der Waals surface area contributed by atoms with Gasteiger partial charge in [0.15, 0.2) is 0 Å². The Balaban J connectivity index is 1.79. The standard InChI is InChI=1S/C12H19N3O2/c1-15-6-5-14-11(15)8-13-7-9-3-2-4-10(9)12(16)17/h5-6,9-10,13H,2-4,7-8H2,1H3,(H,16,17). The first-order valence-corrected chi connectivity index (χ1v) is 6.08. The number of nitrogens with zero attached hydrogens (tertiary/aromatic N) is 2. The second-order valence-corrected chi connectivity index (χ2v) is 4.72. The second kappa shape index (κ2) is 5.31. The van der Waals surface area contributed by atoms with E-state index >= 15 is 0 Å². The molecule has 0 radical (unpaired) electrons. The number of hydrogen-bond donors (Lipinski definition) is 2. The zero-order valence-corrected chi connectivity index (χ0v) is 10.1. The highest BCUT2D eigenvalue weighted by Gasteiger charge is 2.32. The lowest BCUT2D eigenvalue weighted by Crippen LogP contribution is -2.29. The maximum absolute atomic E-state index is 11.0. The first-order chi connectivity index (χ1) is 8.18. The molecule has 94 valence electrons. The van der Waals surface area contributed by atoms with Crippen molar-refractivity contribution in [2.24, 2.45) is 18.9 Å². The molecule has 5 nitrogen and oxygen atoms in total. The van der Waals surface area contributed by atoms with E-state index in [1.165, 1.54) is 0 Å². The molecule has 2 N–H and O–H groups in total. The van der Waals surface area contributed by atoms with Crippen LogP contribution < -0.4 is 5.32 Å². The van der Waals surface area contributed by atoms with Gasteiger partial charge in [0.05, 0.1) is 12.5 Å². The van der Waals surface area contributed by atoms with E-state index in [9.17, 15) is 4.79 Å². The van der Waals surface area contributed by atoms with E-state index in [4.69, 9.17) is 5.11 Å². The lowest BCUT2D eigenvalue weighted by atomic mass is 9.96. The van der Waals surface area contributed by atoms with E-state index in [0.717, 1.165) is 31.6 Å². The molecule has 0 spiro atoms. The number of nitrogens with one attached hydrogen (secondary N) is 1. The summed E-state index contributed by atoms with van der Waals surface area (Å²) < 4.78 is 1.97. The van der Waals surface area contributed by atoms with Crippen LogP contribution in [0.5, 0.6) is 0 Å². The Morgan fingerprint density at radius 3 is 3.12 bits per heavy atom. The molecule has 5 heteroatoms. The molecule has 1 aliphatic rings. The maximum Gasteiger partial charge on any atom is 0.306 e. The Morgan fingerprint density at radius 2 is 2.47 bits per heavy atom. The quantitative estimate of drug-likeness (QED) is 0.802. The van der Waals surface area contributed by atoms with Gasteiger partial charge in [0, 0.05) is 19.4 Å². The zero-order chi connectivity index (χ0) is 12.3. The average Bonchev–Trinajstić information content (AvgIpc) is 2.88. The van der Waals surface area contributed by atoms with E-state index in [1.807, 2.05) is 17.8 Å². The van der Waals surface area contributed by atoms with Gasteiger partial charge < -0.3 is 15.0 Å². The fourth-order valence-electron chi connectivity index (χ4n) is 2.54.